The number of benzene rings is 1. The molecule has 1 aromatic rings. The van der Waals surface area contributed by atoms with Crippen LogP contribution >= 0.6 is 11.6 Å². The lowest BCUT2D eigenvalue weighted by molar-refractivity contribution is -0.132. The van der Waals surface area contributed by atoms with Gasteiger partial charge in [-0.2, -0.15) is 0 Å². The Kier molecular flexibility index (Phi) is 4.61. The summed E-state index contributed by atoms with van der Waals surface area (Å²) in [6, 6.07) is 7.62. The summed E-state index contributed by atoms with van der Waals surface area (Å²) in [7, 11) is 0. The van der Waals surface area contributed by atoms with E-state index in [9.17, 15) is 9.90 Å². The topological polar surface area (TPSA) is 40.5 Å². The minimum absolute atomic E-state index is 0.0174. The molecule has 0 bridgehead atoms. The monoisotopic (exact) mass is 267 g/mol. The number of halogens is 1. The number of rotatable bonds is 4. The summed E-state index contributed by atoms with van der Waals surface area (Å²) >= 11 is 6.06. The molecule has 0 unspecified atom stereocenters. The van der Waals surface area contributed by atoms with Crippen LogP contribution < -0.4 is 0 Å². The number of carbonyl (C=O) groups excluding carboxylic acids is 1. The molecule has 3 nitrogen and oxygen atoms in total. The van der Waals surface area contributed by atoms with E-state index in [-0.39, 0.29) is 18.6 Å². The maximum absolute atomic E-state index is 12.1. The first kappa shape index (κ1) is 13.4. The maximum Gasteiger partial charge on any atom is 0.223 e. The molecule has 0 saturated carbocycles. The van der Waals surface area contributed by atoms with Crippen LogP contribution in [0.2, 0.25) is 5.02 Å². The zero-order valence-electron chi connectivity index (χ0n) is 10.3. The van der Waals surface area contributed by atoms with Crippen molar-refractivity contribution in [2.45, 2.75) is 31.7 Å². The SMILES string of the molecule is O=C(CCc1ccccc1Cl)N1CCC[C@@H]1CO. The lowest BCUT2D eigenvalue weighted by Gasteiger charge is -2.23. The van der Waals surface area contributed by atoms with Crippen LogP contribution in [0.4, 0.5) is 0 Å². The molecule has 98 valence electrons. The number of likely N-dealkylation sites (tertiary alicyclic amines) is 1. The van der Waals surface area contributed by atoms with Gasteiger partial charge in [0.05, 0.1) is 12.6 Å². The Balaban J connectivity index is 1.90. The number of carbonyl (C=O) groups is 1. The summed E-state index contributed by atoms with van der Waals surface area (Å²) in [5.41, 5.74) is 1.01. The van der Waals surface area contributed by atoms with Crippen molar-refractivity contribution in [3.63, 3.8) is 0 Å². The molecular formula is C14H18ClNO2. The van der Waals surface area contributed by atoms with E-state index in [2.05, 4.69) is 0 Å². The standard InChI is InChI=1S/C14H18ClNO2/c15-13-6-2-1-4-11(13)7-8-14(18)16-9-3-5-12(16)10-17/h1-2,4,6,12,17H,3,5,7-10H2/t12-/m1/s1. The summed E-state index contributed by atoms with van der Waals surface area (Å²) in [6.45, 7) is 0.838. The second-order valence-electron chi connectivity index (χ2n) is 4.66. The smallest absolute Gasteiger partial charge is 0.223 e. The molecule has 0 aliphatic carbocycles. The van der Waals surface area contributed by atoms with Crippen LogP contribution in [-0.4, -0.2) is 35.1 Å². The molecule has 0 spiro atoms. The van der Waals surface area contributed by atoms with Crippen LogP contribution in [0.15, 0.2) is 24.3 Å². The van der Waals surface area contributed by atoms with Crippen molar-refractivity contribution in [1.29, 1.82) is 0 Å². The Bertz CT molecular complexity index is 422. The summed E-state index contributed by atoms with van der Waals surface area (Å²) in [5.74, 6) is 0.117. The molecule has 1 fully saturated rings. The third-order valence-electron chi connectivity index (χ3n) is 3.47. The number of hydrogen-bond acceptors (Lipinski definition) is 2. The summed E-state index contributed by atoms with van der Waals surface area (Å²) in [4.78, 5) is 13.9. The first-order valence-corrected chi connectivity index (χ1v) is 6.74. The molecule has 0 aromatic heterocycles. The average Bonchev–Trinajstić information content (AvgIpc) is 2.86. The fraction of sp³-hybridized carbons (Fsp3) is 0.500. The number of hydrogen-bond donors (Lipinski definition) is 1. The van der Waals surface area contributed by atoms with Crippen LogP contribution in [-0.2, 0) is 11.2 Å². The predicted octanol–water partition coefficient (Wildman–Crippen LogP) is 2.26. The van der Waals surface area contributed by atoms with Gasteiger partial charge in [0.1, 0.15) is 0 Å². The van der Waals surface area contributed by atoms with Crippen LogP contribution in [0.25, 0.3) is 0 Å². The molecule has 1 aliphatic rings. The van der Waals surface area contributed by atoms with Crippen LogP contribution in [0.5, 0.6) is 0 Å². The van der Waals surface area contributed by atoms with Crippen LogP contribution in [0, 0.1) is 0 Å². The Morgan fingerprint density at radius 2 is 2.22 bits per heavy atom. The summed E-state index contributed by atoms with van der Waals surface area (Å²) in [6.07, 6.45) is 3.02. The largest absolute Gasteiger partial charge is 0.394 e. The minimum atomic E-state index is 0.0174. The van der Waals surface area contributed by atoms with Gasteiger partial charge in [-0.25, -0.2) is 0 Å². The first-order valence-electron chi connectivity index (χ1n) is 6.36. The molecule has 1 N–H and O–H groups in total. The fourth-order valence-corrected chi connectivity index (χ4v) is 2.67. The highest BCUT2D eigenvalue weighted by molar-refractivity contribution is 6.31. The highest BCUT2D eigenvalue weighted by atomic mass is 35.5. The Labute approximate surface area is 112 Å². The number of amides is 1. The average molecular weight is 268 g/mol. The highest BCUT2D eigenvalue weighted by Gasteiger charge is 2.27. The van der Waals surface area contributed by atoms with Gasteiger partial charge < -0.3 is 10.0 Å². The zero-order chi connectivity index (χ0) is 13.0. The van der Waals surface area contributed by atoms with Gasteiger partial charge in [0.15, 0.2) is 0 Å². The van der Waals surface area contributed by atoms with Crippen molar-refractivity contribution < 1.29 is 9.90 Å². The van der Waals surface area contributed by atoms with Crippen LogP contribution in [0.1, 0.15) is 24.8 Å². The number of aliphatic hydroxyl groups excluding tert-OH is 1. The van der Waals surface area contributed by atoms with Gasteiger partial charge >= 0.3 is 0 Å². The molecule has 1 saturated heterocycles. The summed E-state index contributed by atoms with van der Waals surface area (Å²) in [5, 5.41) is 9.91. The Morgan fingerprint density at radius 3 is 2.94 bits per heavy atom. The first-order chi connectivity index (χ1) is 8.72. The third kappa shape index (κ3) is 3.03. The van der Waals surface area contributed by atoms with E-state index in [0.717, 1.165) is 24.9 Å². The lowest BCUT2D eigenvalue weighted by atomic mass is 10.1. The minimum Gasteiger partial charge on any atom is -0.394 e. The maximum atomic E-state index is 12.1. The molecule has 0 radical (unpaired) electrons. The van der Waals surface area contributed by atoms with Crippen molar-refractivity contribution in [3.05, 3.63) is 34.9 Å². The molecule has 1 aliphatic heterocycles. The van der Waals surface area contributed by atoms with E-state index in [1.54, 1.807) is 4.90 Å². The van der Waals surface area contributed by atoms with E-state index < -0.39 is 0 Å². The van der Waals surface area contributed by atoms with E-state index >= 15 is 0 Å². The molecular weight excluding hydrogens is 250 g/mol. The number of nitrogens with zero attached hydrogens (tertiary/aromatic N) is 1. The van der Waals surface area contributed by atoms with Gasteiger partial charge in [-0.15, -0.1) is 0 Å². The molecule has 1 heterocycles. The number of aryl methyl sites for hydroxylation is 1. The highest BCUT2D eigenvalue weighted by Crippen LogP contribution is 2.20. The zero-order valence-corrected chi connectivity index (χ0v) is 11.1. The lowest BCUT2D eigenvalue weighted by Crippen LogP contribution is -2.37. The molecule has 1 aromatic carbocycles. The molecule has 2 rings (SSSR count). The van der Waals surface area contributed by atoms with Crippen molar-refractivity contribution in [1.82, 2.24) is 4.90 Å². The van der Waals surface area contributed by atoms with Gasteiger partial charge in [-0.05, 0) is 30.9 Å². The molecule has 1 atom stereocenters. The van der Waals surface area contributed by atoms with E-state index in [4.69, 9.17) is 11.6 Å². The van der Waals surface area contributed by atoms with Gasteiger partial charge in [-0.3, -0.25) is 4.79 Å². The van der Waals surface area contributed by atoms with E-state index in [1.165, 1.54) is 0 Å². The molecule has 4 heteroatoms. The fourth-order valence-electron chi connectivity index (χ4n) is 2.44. The molecule has 1 amide bonds. The normalized spacial score (nSPS) is 19.2. The van der Waals surface area contributed by atoms with E-state index in [1.807, 2.05) is 24.3 Å². The van der Waals surface area contributed by atoms with E-state index in [0.29, 0.717) is 17.9 Å². The number of aliphatic hydroxyl groups is 1. The Hall–Kier alpha value is -1.06. The second-order valence-corrected chi connectivity index (χ2v) is 5.06. The van der Waals surface area contributed by atoms with Gasteiger partial charge in [-0.1, -0.05) is 29.8 Å². The third-order valence-corrected chi connectivity index (χ3v) is 3.84. The second kappa shape index (κ2) is 6.21. The van der Waals surface area contributed by atoms with Crippen LogP contribution in [0.3, 0.4) is 0 Å². The Morgan fingerprint density at radius 1 is 1.44 bits per heavy atom. The predicted molar refractivity (Wildman–Crippen MR) is 71.6 cm³/mol. The quantitative estimate of drug-likeness (QED) is 0.909. The van der Waals surface area contributed by atoms with Crippen molar-refractivity contribution in [2.75, 3.05) is 13.2 Å². The van der Waals surface area contributed by atoms with Crippen molar-refractivity contribution in [2.24, 2.45) is 0 Å². The van der Waals surface area contributed by atoms with Crippen molar-refractivity contribution in [3.8, 4) is 0 Å². The van der Waals surface area contributed by atoms with Gasteiger partial charge in [0.2, 0.25) is 5.91 Å². The van der Waals surface area contributed by atoms with Gasteiger partial charge in [0, 0.05) is 18.0 Å². The van der Waals surface area contributed by atoms with Crippen molar-refractivity contribution >= 4 is 17.5 Å². The molecule has 18 heavy (non-hydrogen) atoms. The summed E-state index contributed by atoms with van der Waals surface area (Å²) < 4.78 is 0. The van der Waals surface area contributed by atoms with Gasteiger partial charge in [0.25, 0.3) is 0 Å².